The lowest BCUT2D eigenvalue weighted by Crippen LogP contribution is -2.31. The van der Waals surface area contributed by atoms with Gasteiger partial charge in [0.25, 0.3) is 0 Å². The van der Waals surface area contributed by atoms with Crippen LogP contribution in [0, 0.1) is 0 Å². The van der Waals surface area contributed by atoms with Gasteiger partial charge in [-0.2, -0.15) is 0 Å². The predicted molar refractivity (Wildman–Crippen MR) is 82.3 cm³/mol. The number of amides is 1. The molecule has 21 heavy (non-hydrogen) atoms. The highest BCUT2D eigenvalue weighted by atomic mass is 16.4. The van der Waals surface area contributed by atoms with Gasteiger partial charge in [0.15, 0.2) is 5.58 Å². The van der Waals surface area contributed by atoms with E-state index in [1.165, 1.54) is 0 Å². The number of nitrogens with one attached hydrogen (secondary N) is 2. The van der Waals surface area contributed by atoms with Gasteiger partial charge in [0.05, 0.1) is 16.9 Å². The van der Waals surface area contributed by atoms with E-state index in [9.17, 15) is 9.59 Å². The Morgan fingerprint density at radius 2 is 2.10 bits per heavy atom. The number of carbonyl (C=O) groups excluding carboxylic acids is 1. The van der Waals surface area contributed by atoms with Crippen LogP contribution in [0.5, 0.6) is 0 Å². The molecule has 0 saturated carbocycles. The van der Waals surface area contributed by atoms with Crippen molar-refractivity contribution in [3.8, 4) is 0 Å². The molecule has 0 aliphatic heterocycles. The maximum atomic E-state index is 11.9. The van der Waals surface area contributed by atoms with Gasteiger partial charge in [-0.3, -0.25) is 9.78 Å². The lowest BCUT2D eigenvalue weighted by molar-refractivity contribution is -0.130. The van der Waals surface area contributed by atoms with Crippen LogP contribution in [0.15, 0.2) is 21.3 Å². The number of nitrogens with zero attached hydrogens (tertiary/aromatic N) is 1. The highest BCUT2D eigenvalue weighted by molar-refractivity contribution is 5.85. The molecule has 0 aliphatic carbocycles. The van der Waals surface area contributed by atoms with E-state index in [-0.39, 0.29) is 5.91 Å². The minimum atomic E-state index is -0.515. The van der Waals surface area contributed by atoms with E-state index in [0.29, 0.717) is 48.5 Å². The molecule has 0 aliphatic rings. The van der Waals surface area contributed by atoms with Gasteiger partial charge in [-0.1, -0.05) is 0 Å². The number of nitrogens with two attached hydrogens (primary N) is 1. The summed E-state index contributed by atoms with van der Waals surface area (Å²) < 4.78 is 4.93. The van der Waals surface area contributed by atoms with Crippen LogP contribution in [0.4, 0.5) is 11.4 Å². The third-order valence-corrected chi connectivity index (χ3v) is 3.36. The van der Waals surface area contributed by atoms with E-state index in [1.54, 1.807) is 17.0 Å². The summed E-state index contributed by atoms with van der Waals surface area (Å²) in [6, 6.07) is 3.29. The molecule has 7 nitrogen and oxygen atoms in total. The van der Waals surface area contributed by atoms with Gasteiger partial charge < -0.3 is 20.4 Å². The second-order valence-corrected chi connectivity index (χ2v) is 4.69. The molecule has 0 radical (unpaired) electrons. The minimum Gasteiger partial charge on any atom is -0.408 e. The molecule has 0 bridgehead atoms. The number of anilines is 2. The first-order valence-electron chi connectivity index (χ1n) is 6.99. The van der Waals surface area contributed by atoms with Gasteiger partial charge >= 0.3 is 5.76 Å². The smallest absolute Gasteiger partial charge is 0.408 e. The van der Waals surface area contributed by atoms with Crippen molar-refractivity contribution in [2.75, 3.05) is 30.7 Å². The molecule has 1 aromatic carbocycles. The molecule has 1 heterocycles. The summed E-state index contributed by atoms with van der Waals surface area (Å²) in [6.45, 7) is 5.80. The topological polar surface area (TPSA) is 104 Å². The number of rotatable bonds is 6. The zero-order valence-corrected chi connectivity index (χ0v) is 12.2. The van der Waals surface area contributed by atoms with E-state index in [1.807, 2.05) is 13.8 Å². The van der Waals surface area contributed by atoms with Crippen LogP contribution in [0.3, 0.4) is 0 Å². The van der Waals surface area contributed by atoms with Crippen LogP contribution in [0.1, 0.15) is 20.3 Å². The number of hydrogen-bond donors (Lipinski definition) is 3. The number of benzene rings is 1. The zero-order chi connectivity index (χ0) is 15.4. The summed E-state index contributed by atoms with van der Waals surface area (Å²) in [7, 11) is 0. The molecule has 114 valence electrons. The molecular weight excluding hydrogens is 272 g/mol. The summed E-state index contributed by atoms with van der Waals surface area (Å²) in [4.78, 5) is 27.4. The molecule has 1 amide bonds. The number of nitrogen functional groups attached to an aromatic ring is 1. The van der Waals surface area contributed by atoms with Crippen LogP contribution in [0.2, 0.25) is 0 Å². The molecule has 0 unspecified atom stereocenters. The van der Waals surface area contributed by atoms with Crippen molar-refractivity contribution in [3.63, 3.8) is 0 Å². The van der Waals surface area contributed by atoms with E-state index in [4.69, 9.17) is 10.2 Å². The third kappa shape index (κ3) is 3.36. The fourth-order valence-corrected chi connectivity index (χ4v) is 2.20. The quantitative estimate of drug-likeness (QED) is 0.698. The van der Waals surface area contributed by atoms with Crippen molar-refractivity contribution in [1.29, 1.82) is 0 Å². The maximum Gasteiger partial charge on any atom is 0.417 e. The molecule has 0 fully saturated rings. The number of hydrogen-bond acceptors (Lipinski definition) is 5. The van der Waals surface area contributed by atoms with Gasteiger partial charge in [-0.05, 0) is 19.9 Å². The number of carbonyl (C=O) groups is 1. The third-order valence-electron chi connectivity index (χ3n) is 3.36. The number of aromatic nitrogens is 1. The monoisotopic (exact) mass is 292 g/mol. The average molecular weight is 292 g/mol. The summed E-state index contributed by atoms with van der Waals surface area (Å²) in [5, 5.41) is 3.11. The number of H-pyrrole nitrogens is 1. The Morgan fingerprint density at radius 3 is 2.76 bits per heavy atom. The van der Waals surface area contributed by atoms with Crippen LogP contribution >= 0.6 is 0 Å². The second kappa shape index (κ2) is 6.34. The molecule has 7 heteroatoms. The molecular formula is C14H20N4O3. The lowest BCUT2D eigenvalue weighted by Gasteiger charge is -2.18. The van der Waals surface area contributed by atoms with Gasteiger partial charge in [-0.15, -0.1) is 0 Å². The van der Waals surface area contributed by atoms with Crippen LogP contribution in [-0.2, 0) is 4.79 Å². The fourth-order valence-electron chi connectivity index (χ4n) is 2.20. The molecule has 2 rings (SSSR count). The molecule has 4 N–H and O–H groups in total. The molecule has 0 saturated heterocycles. The van der Waals surface area contributed by atoms with Gasteiger partial charge in [0.1, 0.15) is 0 Å². The van der Waals surface area contributed by atoms with Gasteiger partial charge in [0, 0.05) is 32.1 Å². The summed E-state index contributed by atoms with van der Waals surface area (Å²) in [5.74, 6) is -0.415. The standard InChI is InChI=1S/C14H20N4O3/c1-3-18(4-2)13(19)5-6-16-10-8-11-12(7-9(10)15)21-14(20)17-11/h7-8,16H,3-6,15H2,1-2H3,(H,17,20). The maximum absolute atomic E-state index is 11.9. The van der Waals surface area contributed by atoms with Crippen LogP contribution in [0.25, 0.3) is 11.1 Å². The first-order valence-corrected chi connectivity index (χ1v) is 6.99. The Balaban J connectivity index is 2.01. The Hall–Kier alpha value is -2.44. The number of oxazole rings is 1. The number of fused-ring (bicyclic) bond motifs is 1. The summed E-state index contributed by atoms with van der Waals surface area (Å²) in [5.41, 5.74) is 8.03. The lowest BCUT2D eigenvalue weighted by atomic mass is 10.2. The Morgan fingerprint density at radius 1 is 1.38 bits per heavy atom. The van der Waals surface area contributed by atoms with Crippen LogP contribution in [-0.4, -0.2) is 35.4 Å². The summed E-state index contributed by atoms with van der Waals surface area (Å²) >= 11 is 0. The van der Waals surface area contributed by atoms with Crippen molar-refractivity contribution in [2.24, 2.45) is 0 Å². The molecule has 0 atom stereocenters. The zero-order valence-electron chi connectivity index (χ0n) is 12.2. The largest absolute Gasteiger partial charge is 0.417 e. The van der Waals surface area contributed by atoms with E-state index in [0.717, 1.165) is 0 Å². The highest BCUT2D eigenvalue weighted by Gasteiger charge is 2.10. The van der Waals surface area contributed by atoms with Crippen molar-refractivity contribution < 1.29 is 9.21 Å². The van der Waals surface area contributed by atoms with E-state index in [2.05, 4.69) is 10.3 Å². The number of aromatic amines is 1. The fraction of sp³-hybridized carbons (Fsp3) is 0.429. The van der Waals surface area contributed by atoms with E-state index < -0.39 is 5.76 Å². The highest BCUT2D eigenvalue weighted by Crippen LogP contribution is 2.24. The Bertz CT molecular complexity index is 685. The van der Waals surface area contributed by atoms with Crippen molar-refractivity contribution in [3.05, 3.63) is 22.7 Å². The van der Waals surface area contributed by atoms with Crippen LogP contribution < -0.4 is 16.8 Å². The Kier molecular flexibility index (Phi) is 4.52. The first kappa shape index (κ1) is 15.0. The molecule has 0 spiro atoms. The predicted octanol–water partition coefficient (Wildman–Crippen LogP) is 1.37. The normalized spacial score (nSPS) is 10.8. The first-order chi connectivity index (χ1) is 10.0. The van der Waals surface area contributed by atoms with Gasteiger partial charge in [-0.25, -0.2) is 4.79 Å². The average Bonchev–Trinajstić information content (AvgIpc) is 2.79. The van der Waals surface area contributed by atoms with Crippen molar-refractivity contribution in [2.45, 2.75) is 20.3 Å². The molecule has 1 aromatic heterocycles. The molecule has 2 aromatic rings. The minimum absolute atomic E-state index is 0.101. The van der Waals surface area contributed by atoms with E-state index >= 15 is 0 Å². The Labute approximate surface area is 122 Å². The summed E-state index contributed by atoms with van der Waals surface area (Å²) in [6.07, 6.45) is 0.390. The van der Waals surface area contributed by atoms with Crippen molar-refractivity contribution >= 4 is 28.4 Å². The SMILES string of the molecule is CCN(CC)C(=O)CCNc1cc2[nH]c(=O)oc2cc1N. The second-order valence-electron chi connectivity index (χ2n) is 4.69. The van der Waals surface area contributed by atoms with Gasteiger partial charge in [0.2, 0.25) is 5.91 Å². The van der Waals surface area contributed by atoms with Crippen molar-refractivity contribution in [1.82, 2.24) is 9.88 Å².